The van der Waals surface area contributed by atoms with Crippen LogP contribution in [0.4, 0.5) is 0 Å². The quantitative estimate of drug-likeness (QED) is 0.816. The molecule has 2 saturated heterocycles. The van der Waals surface area contributed by atoms with Crippen LogP contribution < -0.4 is 0 Å². The lowest BCUT2D eigenvalue weighted by molar-refractivity contribution is -0.129. The number of piperidine rings is 1. The zero-order chi connectivity index (χ0) is 18.8. The van der Waals surface area contributed by atoms with E-state index in [0.29, 0.717) is 36.2 Å². The van der Waals surface area contributed by atoms with Gasteiger partial charge in [-0.25, -0.2) is 0 Å². The van der Waals surface area contributed by atoms with Crippen molar-refractivity contribution in [3.8, 4) is 0 Å². The first-order valence-electron chi connectivity index (χ1n) is 9.55. The minimum Gasteiger partial charge on any atom is -0.469 e. The summed E-state index contributed by atoms with van der Waals surface area (Å²) < 4.78 is 11.0. The van der Waals surface area contributed by atoms with Crippen molar-refractivity contribution in [3.63, 3.8) is 0 Å². The number of amides is 2. The molecule has 2 aliphatic heterocycles. The Morgan fingerprint density at radius 3 is 2.52 bits per heavy atom. The fraction of sp³-hybridized carbons (Fsp3) is 0.579. The highest BCUT2D eigenvalue weighted by atomic mass is 16.4. The van der Waals surface area contributed by atoms with Crippen LogP contribution in [0.15, 0.2) is 21.2 Å². The first-order chi connectivity index (χ1) is 13.1. The summed E-state index contributed by atoms with van der Waals surface area (Å²) in [6, 6.07) is 1.71. The molecule has 2 aromatic heterocycles. The molecule has 4 rings (SSSR count). The van der Waals surface area contributed by atoms with Crippen molar-refractivity contribution in [3.05, 3.63) is 35.4 Å². The highest BCUT2D eigenvalue weighted by Gasteiger charge is 2.29. The molecule has 0 spiro atoms. The van der Waals surface area contributed by atoms with Gasteiger partial charge in [0.25, 0.3) is 5.91 Å². The maximum absolute atomic E-state index is 12.5. The van der Waals surface area contributed by atoms with Crippen LogP contribution in [0.25, 0.3) is 0 Å². The van der Waals surface area contributed by atoms with Gasteiger partial charge in [-0.15, -0.1) is 10.2 Å². The van der Waals surface area contributed by atoms with E-state index in [0.717, 1.165) is 38.8 Å². The molecule has 27 heavy (non-hydrogen) atoms. The molecule has 8 nitrogen and oxygen atoms in total. The monoisotopic (exact) mass is 372 g/mol. The minimum absolute atomic E-state index is 0.00197. The summed E-state index contributed by atoms with van der Waals surface area (Å²) >= 11 is 0. The predicted molar refractivity (Wildman–Crippen MR) is 95.1 cm³/mol. The van der Waals surface area contributed by atoms with Crippen molar-refractivity contribution in [1.29, 1.82) is 0 Å². The number of hydrogen-bond donors (Lipinski definition) is 0. The molecule has 2 aromatic rings. The van der Waals surface area contributed by atoms with E-state index in [4.69, 9.17) is 8.83 Å². The Labute approximate surface area is 157 Å². The zero-order valence-corrected chi connectivity index (χ0v) is 15.5. The molecule has 2 aliphatic rings. The van der Waals surface area contributed by atoms with Crippen LogP contribution in [0.5, 0.6) is 0 Å². The van der Waals surface area contributed by atoms with E-state index < -0.39 is 0 Å². The molecule has 0 N–H and O–H groups in total. The van der Waals surface area contributed by atoms with E-state index in [2.05, 4.69) is 10.2 Å². The second kappa shape index (κ2) is 7.54. The van der Waals surface area contributed by atoms with Crippen molar-refractivity contribution in [1.82, 2.24) is 20.0 Å². The predicted octanol–water partition coefficient (Wildman–Crippen LogP) is 2.16. The van der Waals surface area contributed by atoms with Crippen molar-refractivity contribution >= 4 is 11.8 Å². The van der Waals surface area contributed by atoms with Crippen LogP contribution in [-0.4, -0.2) is 58.0 Å². The Hall–Kier alpha value is -2.64. The van der Waals surface area contributed by atoms with Crippen LogP contribution in [0.3, 0.4) is 0 Å². The van der Waals surface area contributed by atoms with E-state index >= 15 is 0 Å². The van der Waals surface area contributed by atoms with Crippen LogP contribution in [0, 0.1) is 6.92 Å². The molecular formula is C19H24N4O4. The van der Waals surface area contributed by atoms with Crippen LogP contribution >= 0.6 is 0 Å². The Bertz CT molecular complexity index is 813. The lowest BCUT2D eigenvalue weighted by atomic mass is 9.96. The summed E-state index contributed by atoms with van der Waals surface area (Å²) in [5.74, 6) is 1.79. The number of aromatic nitrogens is 2. The Morgan fingerprint density at radius 1 is 1.11 bits per heavy atom. The van der Waals surface area contributed by atoms with Crippen LogP contribution in [0.2, 0.25) is 0 Å². The van der Waals surface area contributed by atoms with Crippen LogP contribution in [0.1, 0.15) is 59.5 Å². The molecule has 4 heterocycles. The van der Waals surface area contributed by atoms with E-state index in [1.54, 1.807) is 19.3 Å². The molecule has 2 amide bonds. The second-order valence-electron chi connectivity index (χ2n) is 7.26. The standard InChI is InChI=1S/C19H24N4O4/c1-13-15(6-11-26-13)19(25)23-9-4-14(5-10-23)18-21-20-16(27-18)12-17(24)22-7-2-3-8-22/h6,11,14H,2-5,7-10,12H2,1H3. The normalized spacial score (nSPS) is 18.3. The van der Waals surface area contributed by atoms with E-state index in [9.17, 15) is 9.59 Å². The van der Waals surface area contributed by atoms with Crippen molar-refractivity contribution in [2.24, 2.45) is 0 Å². The third-order valence-corrected chi connectivity index (χ3v) is 5.46. The first kappa shape index (κ1) is 17.8. The fourth-order valence-corrected chi connectivity index (χ4v) is 3.82. The number of aryl methyl sites for hydroxylation is 1. The molecule has 0 atom stereocenters. The fourth-order valence-electron chi connectivity index (χ4n) is 3.82. The summed E-state index contributed by atoms with van der Waals surface area (Å²) in [7, 11) is 0. The van der Waals surface area contributed by atoms with Gasteiger partial charge < -0.3 is 18.6 Å². The molecule has 0 bridgehead atoms. The summed E-state index contributed by atoms with van der Waals surface area (Å²) in [5.41, 5.74) is 0.619. The number of carbonyl (C=O) groups is 2. The zero-order valence-electron chi connectivity index (χ0n) is 15.5. The SMILES string of the molecule is Cc1occc1C(=O)N1CCC(c2nnc(CC(=O)N3CCCC3)o2)CC1. The summed E-state index contributed by atoms with van der Waals surface area (Å²) in [6.07, 6.45) is 5.38. The molecule has 2 fully saturated rings. The van der Waals surface area contributed by atoms with Gasteiger partial charge in [0.15, 0.2) is 0 Å². The molecule has 0 saturated carbocycles. The smallest absolute Gasteiger partial charge is 0.257 e. The van der Waals surface area contributed by atoms with E-state index in [1.807, 2.05) is 9.80 Å². The average Bonchev–Trinajstić information content (AvgIpc) is 3.43. The van der Waals surface area contributed by atoms with Crippen molar-refractivity contribution in [2.45, 2.75) is 44.9 Å². The number of hydrogen-bond acceptors (Lipinski definition) is 6. The van der Waals surface area contributed by atoms with Gasteiger partial charge in [0.1, 0.15) is 12.2 Å². The van der Waals surface area contributed by atoms with Gasteiger partial charge in [-0.1, -0.05) is 0 Å². The molecule has 0 aliphatic carbocycles. The number of rotatable bonds is 4. The third kappa shape index (κ3) is 3.74. The Balaban J connectivity index is 1.32. The Kier molecular flexibility index (Phi) is 4.96. The summed E-state index contributed by atoms with van der Waals surface area (Å²) in [6.45, 7) is 4.71. The van der Waals surface area contributed by atoms with Gasteiger partial charge >= 0.3 is 0 Å². The van der Waals surface area contributed by atoms with Gasteiger partial charge in [0, 0.05) is 32.1 Å². The molecular weight excluding hydrogens is 348 g/mol. The van der Waals surface area contributed by atoms with Crippen molar-refractivity contribution in [2.75, 3.05) is 26.2 Å². The maximum Gasteiger partial charge on any atom is 0.257 e. The highest BCUT2D eigenvalue weighted by molar-refractivity contribution is 5.95. The molecule has 0 aromatic carbocycles. The van der Waals surface area contributed by atoms with Crippen molar-refractivity contribution < 1.29 is 18.4 Å². The summed E-state index contributed by atoms with van der Waals surface area (Å²) in [5, 5.41) is 8.20. The van der Waals surface area contributed by atoms with Gasteiger partial charge in [0.2, 0.25) is 17.7 Å². The third-order valence-electron chi connectivity index (χ3n) is 5.46. The second-order valence-corrected chi connectivity index (χ2v) is 7.26. The van der Waals surface area contributed by atoms with Gasteiger partial charge in [-0.3, -0.25) is 9.59 Å². The number of nitrogens with zero attached hydrogens (tertiary/aromatic N) is 4. The summed E-state index contributed by atoms with van der Waals surface area (Å²) in [4.78, 5) is 28.4. The van der Waals surface area contributed by atoms with Gasteiger partial charge in [0.05, 0.1) is 11.8 Å². The van der Waals surface area contributed by atoms with E-state index in [1.165, 1.54) is 0 Å². The molecule has 0 unspecified atom stereocenters. The number of furan rings is 1. The largest absolute Gasteiger partial charge is 0.469 e. The average molecular weight is 372 g/mol. The van der Waals surface area contributed by atoms with Crippen LogP contribution in [-0.2, 0) is 11.2 Å². The number of carbonyl (C=O) groups excluding carboxylic acids is 2. The van der Waals surface area contributed by atoms with Gasteiger partial charge in [-0.2, -0.15) is 0 Å². The lowest BCUT2D eigenvalue weighted by Gasteiger charge is -2.30. The minimum atomic E-state index is 0.00197. The first-order valence-corrected chi connectivity index (χ1v) is 9.55. The maximum atomic E-state index is 12.5. The molecule has 0 radical (unpaired) electrons. The Morgan fingerprint density at radius 2 is 1.85 bits per heavy atom. The number of likely N-dealkylation sites (tertiary alicyclic amines) is 2. The van der Waals surface area contributed by atoms with Gasteiger partial charge in [-0.05, 0) is 38.7 Å². The topological polar surface area (TPSA) is 92.7 Å². The lowest BCUT2D eigenvalue weighted by Crippen LogP contribution is -2.38. The molecule has 8 heteroatoms. The molecule has 144 valence electrons. The highest BCUT2D eigenvalue weighted by Crippen LogP contribution is 2.28. The van der Waals surface area contributed by atoms with E-state index in [-0.39, 0.29) is 24.2 Å².